The number of esters is 1. The van der Waals surface area contributed by atoms with Gasteiger partial charge in [0, 0.05) is 38.1 Å². The van der Waals surface area contributed by atoms with Crippen LogP contribution in [-0.2, 0) is 11.3 Å². The van der Waals surface area contributed by atoms with Gasteiger partial charge in [-0.1, -0.05) is 30.3 Å². The summed E-state index contributed by atoms with van der Waals surface area (Å²) in [5, 5.41) is 0. The molecule has 1 aliphatic rings. The summed E-state index contributed by atoms with van der Waals surface area (Å²) in [6, 6.07) is 10.7. The van der Waals surface area contributed by atoms with E-state index in [-0.39, 0.29) is 12.0 Å². The first-order valence-electron chi connectivity index (χ1n) is 7.74. The van der Waals surface area contributed by atoms with E-state index in [2.05, 4.69) is 34.1 Å². The van der Waals surface area contributed by atoms with Crippen LogP contribution in [0.2, 0.25) is 0 Å². The van der Waals surface area contributed by atoms with E-state index in [1.165, 1.54) is 5.56 Å². The number of hydrogen-bond acceptors (Lipinski definition) is 4. The minimum absolute atomic E-state index is 0.283. The summed E-state index contributed by atoms with van der Waals surface area (Å²) in [6.45, 7) is 5.08. The van der Waals surface area contributed by atoms with Crippen molar-refractivity contribution in [3.63, 3.8) is 0 Å². The number of carbonyl (C=O) groups excluding carboxylic acids is 1. The van der Waals surface area contributed by atoms with Gasteiger partial charge < -0.3 is 9.30 Å². The number of carbonyl (C=O) groups is 1. The molecule has 1 aromatic carbocycles. The monoisotopic (exact) mass is 299 g/mol. The van der Waals surface area contributed by atoms with Crippen LogP contribution >= 0.6 is 0 Å². The Kier molecular flexibility index (Phi) is 4.53. The molecule has 0 radical (unpaired) electrons. The van der Waals surface area contributed by atoms with Gasteiger partial charge in [-0.2, -0.15) is 0 Å². The van der Waals surface area contributed by atoms with Gasteiger partial charge in [-0.25, -0.2) is 9.78 Å². The molecule has 0 unspecified atom stereocenters. The van der Waals surface area contributed by atoms with Crippen molar-refractivity contribution in [3.8, 4) is 0 Å². The molecule has 1 aliphatic heterocycles. The van der Waals surface area contributed by atoms with E-state index in [0.29, 0.717) is 12.4 Å². The van der Waals surface area contributed by atoms with Crippen molar-refractivity contribution in [1.82, 2.24) is 14.5 Å². The second-order valence-electron chi connectivity index (χ2n) is 5.54. The SMILES string of the molecule is CCOC(=O)c1nccn1[C@@H]1CCN(Cc2ccccc2)C1. The molecule has 0 aliphatic carbocycles. The fourth-order valence-electron chi connectivity index (χ4n) is 2.99. The quantitative estimate of drug-likeness (QED) is 0.796. The molecule has 116 valence electrons. The predicted octanol–water partition coefficient (Wildman–Crippen LogP) is 2.51. The lowest BCUT2D eigenvalue weighted by molar-refractivity contribution is 0.0503. The molecule has 22 heavy (non-hydrogen) atoms. The molecular formula is C17H21N3O2. The Morgan fingerprint density at radius 2 is 2.18 bits per heavy atom. The molecule has 1 atom stereocenters. The average molecular weight is 299 g/mol. The lowest BCUT2D eigenvalue weighted by Gasteiger charge is -2.17. The van der Waals surface area contributed by atoms with E-state index in [1.54, 1.807) is 6.20 Å². The number of benzene rings is 1. The van der Waals surface area contributed by atoms with Gasteiger partial charge >= 0.3 is 5.97 Å². The molecule has 1 fully saturated rings. The first-order chi connectivity index (χ1) is 10.8. The second kappa shape index (κ2) is 6.75. The second-order valence-corrected chi connectivity index (χ2v) is 5.54. The molecule has 2 aromatic rings. The maximum Gasteiger partial charge on any atom is 0.374 e. The Labute approximate surface area is 130 Å². The molecule has 0 N–H and O–H groups in total. The summed E-state index contributed by atoms with van der Waals surface area (Å²) in [5.41, 5.74) is 1.32. The molecule has 3 rings (SSSR count). The Morgan fingerprint density at radius 1 is 1.36 bits per heavy atom. The van der Waals surface area contributed by atoms with Gasteiger partial charge in [0.25, 0.3) is 0 Å². The van der Waals surface area contributed by atoms with Gasteiger partial charge in [0.2, 0.25) is 5.82 Å². The molecule has 0 amide bonds. The van der Waals surface area contributed by atoms with Crippen LogP contribution in [0, 0.1) is 0 Å². The highest BCUT2D eigenvalue weighted by molar-refractivity contribution is 5.85. The predicted molar refractivity (Wildman–Crippen MR) is 83.6 cm³/mol. The molecule has 0 spiro atoms. The van der Waals surface area contributed by atoms with Crippen LogP contribution in [0.25, 0.3) is 0 Å². The molecule has 5 nitrogen and oxygen atoms in total. The van der Waals surface area contributed by atoms with E-state index in [4.69, 9.17) is 4.74 Å². The Morgan fingerprint density at radius 3 is 2.95 bits per heavy atom. The summed E-state index contributed by atoms with van der Waals surface area (Å²) in [6.07, 6.45) is 4.57. The Balaban J connectivity index is 1.66. The lowest BCUT2D eigenvalue weighted by atomic mass is 10.2. The van der Waals surface area contributed by atoms with Crippen LogP contribution in [0.1, 0.15) is 35.6 Å². The molecular weight excluding hydrogens is 278 g/mol. The van der Waals surface area contributed by atoms with Crippen molar-refractivity contribution >= 4 is 5.97 Å². The largest absolute Gasteiger partial charge is 0.460 e. The topological polar surface area (TPSA) is 47.4 Å². The van der Waals surface area contributed by atoms with Crippen LogP contribution in [0.4, 0.5) is 0 Å². The van der Waals surface area contributed by atoms with E-state index in [9.17, 15) is 4.79 Å². The molecule has 5 heteroatoms. The van der Waals surface area contributed by atoms with Crippen molar-refractivity contribution < 1.29 is 9.53 Å². The fraction of sp³-hybridized carbons (Fsp3) is 0.412. The van der Waals surface area contributed by atoms with Gasteiger partial charge in [0.15, 0.2) is 0 Å². The molecule has 1 aromatic heterocycles. The summed E-state index contributed by atoms with van der Waals surface area (Å²) in [5.74, 6) is 0.0717. The van der Waals surface area contributed by atoms with E-state index in [0.717, 1.165) is 26.1 Å². The minimum Gasteiger partial charge on any atom is -0.460 e. The van der Waals surface area contributed by atoms with Crippen molar-refractivity contribution in [3.05, 3.63) is 54.1 Å². The third kappa shape index (κ3) is 3.20. The van der Waals surface area contributed by atoms with E-state index < -0.39 is 0 Å². The number of rotatable bonds is 5. The highest BCUT2D eigenvalue weighted by Gasteiger charge is 2.27. The zero-order chi connectivity index (χ0) is 15.4. The molecule has 0 bridgehead atoms. The minimum atomic E-state index is -0.339. The van der Waals surface area contributed by atoms with Crippen LogP contribution < -0.4 is 0 Å². The van der Waals surface area contributed by atoms with Crippen molar-refractivity contribution in [1.29, 1.82) is 0 Å². The van der Waals surface area contributed by atoms with E-state index >= 15 is 0 Å². The average Bonchev–Trinajstić information content (AvgIpc) is 3.17. The Bertz CT molecular complexity index is 624. The zero-order valence-corrected chi connectivity index (χ0v) is 12.8. The summed E-state index contributed by atoms with van der Waals surface area (Å²) in [4.78, 5) is 18.5. The number of imidazole rings is 1. The van der Waals surface area contributed by atoms with Gasteiger partial charge in [0.05, 0.1) is 6.61 Å². The standard InChI is InChI=1S/C17H21N3O2/c1-2-22-17(21)16-18-9-11-20(16)15-8-10-19(13-15)12-14-6-4-3-5-7-14/h3-7,9,11,15H,2,8,10,12-13H2,1H3/t15-/m1/s1. The molecule has 1 saturated heterocycles. The number of ether oxygens (including phenoxy) is 1. The van der Waals surface area contributed by atoms with Gasteiger partial charge in [-0.3, -0.25) is 4.90 Å². The number of nitrogens with zero attached hydrogens (tertiary/aromatic N) is 3. The normalized spacial score (nSPS) is 18.5. The van der Waals surface area contributed by atoms with Crippen LogP contribution in [0.5, 0.6) is 0 Å². The third-order valence-corrected chi connectivity index (χ3v) is 4.02. The third-order valence-electron chi connectivity index (χ3n) is 4.02. The van der Waals surface area contributed by atoms with Gasteiger partial charge in [-0.15, -0.1) is 0 Å². The van der Waals surface area contributed by atoms with Crippen LogP contribution in [0.15, 0.2) is 42.7 Å². The first-order valence-corrected chi connectivity index (χ1v) is 7.74. The highest BCUT2D eigenvalue weighted by Crippen LogP contribution is 2.24. The van der Waals surface area contributed by atoms with Gasteiger partial charge in [0.1, 0.15) is 0 Å². The van der Waals surface area contributed by atoms with Crippen LogP contribution in [0.3, 0.4) is 0 Å². The summed E-state index contributed by atoms with van der Waals surface area (Å²) < 4.78 is 7.03. The Hall–Kier alpha value is -2.14. The molecule has 2 heterocycles. The maximum absolute atomic E-state index is 11.9. The molecule has 0 saturated carbocycles. The fourth-order valence-corrected chi connectivity index (χ4v) is 2.99. The first kappa shape index (κ1) is 14.8. The number of hydrogen-bond donors (Lipinski definition) is 0. The lowest BCUT2D eigenvalue weighted by Crippen LogP contribution is -2.23. The van der Waals surface area contributed by atoms with Crippen molar-refractivity contribution in [2.75, 3.05) is 19.7 Å². The zero-order valence-electron chi connectivity index (χ0n) is 12.8. The van der Waals surface area contributed by atoms with E-state index in [1.807, 2.05) is 23.8 Å². The van der Waals surface area contributed by atoms with Crippen molar-refractivity contribution in [2.24, 2.45) is 0 Å². The maximum atomic E-state index is 11.9. The van der Waals surface area contributed by atoms with Crippen LogP contribution in [-0.4, -0.2) is 40.1 Å². The van der Waals surface area contributed by atoms with Crippen molar-refractivity contribution in [2.45, 2.75) is 25.9 Å². The highest BCUT2D eigenvalue weighted by atomic mass is 16.5. The summed E-state index contributed by atoms with van der Waals surface area (Å²) >= 11 is 0. The number of aromatic nitrogens is 2. The van der Waals surface area contributed by atoms with Gasteiger partial charge in [-0.05, 0) is 18.9 Å². The smallest absolute Gasteiger partial charge is 0.374 e. The number of likely N-dealkylation sites (tertiary alicyclic amines) is 1. The summed E-state index contributed by atoms with van der Waals surface area (Å²) in [7, 11) is 0.